The standard InChI is InChI=1S/C17H18FNO/c1-12-8-13(2)10-15(9-12)17(20)19(3)11-14-6-4-5-7-16(14)18/h4-10H,11H2,1-3H3. The molecular weight excluding hydrogens is 253 g/mol. The van der Waals surface area contributed by atoms with Crippen LogP contribution in [0.4, 0.5) is 4.39 Å². The summed E-state index contributed by atoms with van der Waals surface area (Å²) in [6.07, 6.45) is 0. The van der Waals surface area contributed by atoms with Gasteiger partial charge < -0.3 is 4.90 Å². The van der Waals surface area contributed by atoms with Crippen LogP contribution in [0.3, 0.4) is 0 Å². The normalized spacial score (nSPS) is 10.4. The minimum atomic E-state index is -0.285. The monoisotopic (exact) mass is 271 g/mol. The van der Waals surface area contributed by atoms with Crippen molar-refractivity contribution in [3.05, 3.63) is 70.5 Å². The van der Waals surface area contributed by atoms with Gasteiger partial charge in [0.05, 0.1) is 0 Å². The Labute approximate surface area is 118 Å². The van der Waals surface area contributed by atoms with Crippen LogP contribution in [0.15, 0.2) is 42.5 Å². The zero-order valence-electron chi connectivity index (χ0n) is 12.0. The van der Waals surface area contributed by atoms with Gasteiger partial charge in [-0.05, 0) is 32.0 Å². The van der Waals surface area contributed by atoms with Crippen molar-refractivity contribution in [2.24, 2.45) is 0 Å². The van der Waals surface area contributed by atoms with Gasteiger partial charge in [-0.1, -0.05) is 35.4 Å². The molecule has 0 N–H and O–H groups in total. The minimum absolute atomic E-state index is 0.0972. The van der Waals surface area contributed by atoms with Crippen LogP contribution < -0.4 is 0 Å². The van der Waals surface area contributed by atoms with Crippen LogP contribution in [0.2, 0.25) is 0 Å². The zero-order chi connectivity index (χ0) is 14.7. The summed E-state index contributed by atoms with van der Waals surface area (Å²) in [5.74, 6) is -0.382. The Morgan fingerprint density at radius 2 is 1.70 bits per heavy atom. The fourth-order valence-corrected chi connectivity index (χ4v) is 2.27. The molecule has 0 radical (unpaired) electrons. The molecule has 2 aromatic rings. The van der Waals surface area contributed by atoms with Crippen molar-refractivity contribution < 1.29 is 9.18 Å². The first-order chi connectivity index (χ1) is 9.47. The van der Waals surface area contributed by atoms with Crippen molar-refractivity contribution >= 4 is 5.91 Å². The molecule has 0 heterocycles. The molecule has 0 spiro atoms. The van der Waals surface area contributed by atoms with Gasteiger partial charge in [0.25, 0.3) is 5.91 Å². The van der Waals surface area contributed by atoms with Crippen LogP contribution in [0.1, 0.15) is 27.0 Å². The van der Waals surface area contributed by atoms with Crippen molar-refractivity contribution in [1.82, 2.24) is 4.90 Å². The van der Waals surface area contributed by atoms with Gasteiger partial charge in [0.1, 0.15) is 5.82 Å². The summed E-state index contributed by atoms with van der Waals surface area (Å²) >= 11 is 0. The van der Waals surface area contributed by atoms with E-state index in [9.17, 15) is 9.18 Å². The molecular formula is C17H18FNO. The summed E-state index contributed by atoms with van der Waals surface area (Å²) < 4.78 is 13.6. The highest BCUT2D eigenvalue weighted by molar-refractivity contribution is 5.94. The Hall–Kier alpha value is -2.16. The molecule has 3 heteroatoms. The fraction of sp³-hybridized carbons (Fsp3) is 0.235. The third-order valence-electron chi connectivity index (χ3n) is 3.18. The number of aryl methyl sites for hydroxylation is 2. The molecule has 20 heavy (non-hydrogen) atoms. The van der Waals surface area contributed by atoms with Crippen LogP contribution in [0, 0.1) is 19.7 Å². The highest BCUT2D eigenvalue weighted by Crippen LogP contribution is 2.14. The third kappa shape index (κ3) is 3.23. The average Bonchev–Trinajstić information content (AvgIpc) is 2.39. The van der Waals surface area contributed by atoms with Crippen LogP contribution >= 0.6 is 0 Å². The van der Waals surface area contributed by atoms with Crippen molar-refractivity contribution in [3.63, 3.8) is 0 Å². The summed E-state index contributed by atoms with van der Waals surface area (Å²) in [5.41, 5.74) is 3.26. The largest absolute Gasteiger partial charge is 0.337 e. The number of rotatable bonds is 3. The molecule has 2 rings (SSSR count). The van der Waals surface area contributed by atoms with Gasteiger partial charge in [-0.15, -0.1) is 0 Å². The maximum absolute atomic E-state index is 13.6. The Morgan fingerprint density at radius 3 is 2.30 bits per heavy atom. The second-order valence-corrected chi connectivity index (χ2v) is 5.13. The number of nitrogens with zero attached hydrogens (tertiary/aromatic N) is 1. The van der Waals surface area contributed by atoms with E-state index in [1.807, 2.05) is 32.0 Å². The van der Waals surface area contributed by atoms with E-state index in [4.69, 9.17) is 0 Å². The number of carbonyl (C=O) groups is 1. The van der Waals surface area contributed by atoms with Crippen molar-refractivity contribution in [2.75, 3.05) is 7.05 Å². The number of carbonyl (C=O) groups excluding carboxylic acids is 1. The number of hydrogen-bond acceptors (Lipinski definition) is 1. The molecule has 2 aromatic carbocycles. The van der Waals surface area contributed by atoms with Gasteiger partial charge in [0.2, 0.25) is 0 Å². The SMILES string of the molecule is Cc1cc(C)cc(C(=O)N(C)Cc2ccccc2F)c1. The summed E-state index contributed by atoms with van der Waals surface area (Å²) in [4.78, 5) is 13.9. The third-order valence-corrected chi connectivity index (χ3v) is 3.18. The van der Waals surface area contributed by atoms with Gasteiger partial charge in [0, 0.05) is 24.7 Å². The highest BCUT2D eigenvalue weighted by Gasteiger charge is 2.14. The lowest BCUT2D eigenvalue weighted by Crippen LogP contribution is -2.26. The van der Waals surface area contributed by atoms with Gasteiger partial charge in [-0.25, -0.2) is 4.39 Å². The van der Waals surface area contributed by atoms with Crippen LogP contribution in [-0.4, -0.2) is 17.9 Å². The maximum atomic E-state index is 13.6. The molecule has 0 fully saturated rings. The van der Waals surface area contributed by atoms with E-state index in [2.05, 4.69) is 0 Å². The zero-order valence-corrected chi connectivity index (χ0v) is 12.0. The Bertz CT molecular complexity index is 616. The van der Waals surface area contributed by atoms with Gasteiger partial charge >= 0.3 is 0 Å². The summed E-state index contributed by atoms with van der Waals surface area (Å²) in [7, 11) is 1.69. The molecule has 0 unspecified atom stereocenters. The van der Waals surface area contributed by atoms with E-state index >= 15 is 0 Å². The minimum Gasteiger partial charge on any atom is -0.337 e. The molecule has 0 aromatic heterocycles. The van der Waals surface area contributed by atoms with Gasteiger partial charge in [-0.3, -0.25) is 4.79 Å². The van der Waals surface area contributed by atoms with Crippen molar-refractivity contribution in [2.45, 2.75) is 20.4 Å². The first kappa shape index (κ1) is 14.3. The topological polar surface area (TPSA) is 20.3 Å². The molecule has 0 aliphatic heterocycles. The summed E-state index contributed by atoms with van der Waals surface area (Å²) in [6, 6.07) is 12.2. The lowest BCUT2D eigenvalue weighted by Gasteiger charge is -2.18. The molecule has 104 valence electrons. The van der Waals surface area contributed by atoms with Crippen molar-refractivity contribution in [3.8, 4) is 0 Å². The number of benzene rings is 2. The van der Waals surface area contributed by atoms with E-state index in [1.165, 1.54) is 11.0 Å². The van der Waals surface area contributed by atoms with Crippen LogP contribution in [0.25, 0.3) is 0 Å². The molecule has 0 bridgehead atoms. The molecule has 0 saturated heterocycles. The van der Waals surface area contributed by atoms with E-state index in [-0.39, 0.29) is 18.3 Å². The summed E-state index contributed by atoms with van der Waals surface area (Å²) in [6.45, 7) is 4.18. The molecule has 2 nitrogen and oxygen atoms in total. The second kappa shape index (κ2) is 5.87. The Balaban J connectivity index is 2.18. The highest BCUT2D eigenvalue weighted by atomic mass is 19.1. The predicted molar refractivity (Wildman–Crippen MR) is 78.1 cm³/mol. The van der Waals surface area contributed by atoms with Crippen molar-refractivity contribution in [1.29, 1.82) is 0 Å². The molecule has 0 atom stereocenters. The fourth-order valence-electron chi connectivity index (χ4n) is 2.27. The Kier molecular flexibility index (Phi) is 4.18. The molecule has 0 aliphatic carbocycles. The number of hydrogen-bond donors (Lipinski definition) is 0. The van der Waals surface area contributed by atoms with Gasteiger partial charge in [-0.2, -0.15) is 0 Å². The van der Waals surface area contributed by atoms with E-state index in [0.29, 0.717) is 11.1 Å². The van der Waals surface area contributed by atoms with Crippen LogP contribution in [0.5, 0.6) is 0 Å². The maximum Gasteiger partial charge on any atom is 0.253 e. The predicted octanol–water partition coefficient (Wildman–Crippen LogP) is 3.71. The smallest absolute Gasteiger partial charge is 0.253 e. The van der Waals surface area contributed by atoms with E-state index in [0.717, 1.165) is 11.1 Å². The average molecular weight is 271 g/mol. The molecule has 1 amide bonds. The first-order valence-electron chi connectivity index (χ1n) is 6.54. The number of halogens is 1. The lowest BCUT2D eigenvalue weighted by molar-refractivity contribution is 0.0783. The Morgan fingerprint density at radius 1 is 1.10 bits per heavy atom. The summed E-state index contributed by atoms with van der Waals surface area (Å²) in [5, 5.41) is 0. The van der Waals surface area contributed by atoms with E-state index in [1.54, 1.807) is 25.2 Å². The van der Waals surface area contributed by atoms with Crippen LogP contribution in [-0.2, 0) is 6.54 Å². The molecule has 0 saturated carbocycles. The lowest BCUT2D eigenvalue weighted by atomic mass is 10.1. The first-order valence-corrected chi connectivity index (χ1v) is 6.54. The van der Waals surface area contributed by atoms with Gasteiger partial charge in [0.15, 0.2) is 0 Å². The number of amides is 1. The second-order valence-electron chi connectivity index (χ2n) is 5.13. The van der Waals surface area contributed by atoms with E-state index < -0.39 is 0 Å². The molecule has 0 aliphatic rings. The quantitative estimate of drug-likeness (QED) is 0.833.